The van der Waals surface area contributed by atoms with E-state index in [1.807, 2.05) is 6.07 Å². The predicted molar refractivity (Wildman–Crippen MR) is 99.9 cm³/mol. The molecule has 0 saturated carbocycles. The molecule has 0 aliphatic carbocycles. The number of hydrogen-bond acceptors (Lipinski definition) is 6. The number of carbonyl (C=O) groups is 1. The Morgan fingerprint density at radius 2 is 1.96 bits per heavy atom. The monoisotopic (exact) mass is 395 g/mol. The molecular weight excluding hydrogens is 382 g/mol. The Hall–Kier alpha value is -3.50. The maximum Gasteiger partial charge on any atom is 0.254 e. The number of carbonyl (C=O) groups excluding carboxylic acids is 1. The average molecular weight is 396 g/mol. The first kappa shape index (κ1) is 17.9. The predicted octanol–water partition coefficient (Wildman–Crippen LogP) is 3.48. The standard InChI is InChI=1S/C20H14ClN3O4/c21-15-7-13(17(25)8-18(15)26)19-14-10-24(6-5-16(14)23-28-19)20(27)12-3-1-11(9-22)2-4-12/h1-4,7-8,25-26H,5-6,10H2. The second-order valence-corrected chi connectivity index (χ2v) is 6.83. The highest BCUT2D eigenvalue weighted by molar-refractivity contribution is 6.32. The molecule has 3 aromatic rings. The summed E-state index contributed by atoms with van der Waals surface area (Å²) in [7, 11) is 0. The number of aromatic nitrogens is 1. The minimum Gasteiger partial charge on any atom is -0.507 e. The van der Waals surface area contributed by atoms with Crippen molar-refractivity contribution in [3.63, 3.8) is 0 Å². The lowest BCUT2D eigenvalue weighted by molar-refractivity contribution is 0.0734. The first-order valence-electron chi connectivity index (χ1n) is 8.46. The van der Waals surface area contributed by atoms with Crippen LogP contribution >= 0.6 is 11.6 Å². The van der Waals surface area contributed by atoms with Gasteiger partial charge in [-0.3, -0.25) is 4.79 Å². The van der Waals surface area contributed by atoms with Crippen molar-refractivity contribution in [3.05, 3.63) is 63.8 Å². The molecule has 8 heteroatoms. The van der Waals surface area contributed by atoms with Crippen LogP contribution in [0, 0.1) is 11.3 Å². The number of phenolic OH excluding ortho intramolecular Hbond substituents is 2. The Balaban J connectivity index is 1.65. The summed E-state index contributed by atoms with van der Waals surface area (Å²) in [5, 5.41) is 32.8. The Kier molecular flexibility index (Phi) is 4.41. The number of rotatable bonds is 2. The Morgan fingerprint density at radius 3 is 2.68 bits per heavy atom. The van der Waals surface area contributed by atoms with Crippen LogP contribution in [0.3, 0.4) is 0 Å². The summed E-state index contributed by atoms with van der Waals surface area (Å²) in [5.74, 6) is -0.299. The number of benzene rings is 2. The highest BCUT2D eigenvalue weighted by Gasteiger charge is 2.29. The quantitative estimate of drug-likeness (QED) is 0.687. The molecule has 0 saturated heterocycles. The van der Waals surface area contributed by atoms with E-state index in [0.29, 0.717) is 46.7 Å². The van der Waals surface area contributed by atoms with Crippen molar-refractivity contribution in [2.75, 3.05) is 6.54 Å². The van der Waals surface area contributed by atoms with E-state index in [4.69, 9.17) is 21.4 Å². The minimum absolute atomic E-state index is 0.0688. The molecule has 0 atom stereocenters. The molecule has 4 rings (SSSR count). The molecule has 0 fully saturated rings. The zero-order valence-electron chi connectivity index (χ0n) is 14.5. The van der Waals surface area contributed by atoms with Crippen LogP contribution in [0.15, 0.2) is 40.9 Å². The van der Waals surface area contributed by atoms with Crippen molar-refractivity contribution in [2.24, 2.45) is 0 Å². The fourth-order valence-corrected chi connectivity index (χ4v) is 3.36. The van der Waals surface area contributed by atoms with E-state index in [0.717, 1.165) is 6.07 Å². The van der Waals surface area contributed by atoms with Gasteiger partial charge in [-0.2, -0.15) is 5.26 Å². The van der Waals surface area contributed by atoms with Gasteiger partial charge in [-0.05, 0) is 30.3 Å². The third-order valence-electron chi connectivity index (χ3n) is 4.69. The molecule has 1 aliphatic heterocycles. The lowest BCUT2D eigenvalue weighted by Gasteiger charge is -2.26. The zero-order chi connectivity index (χ0) is 19.8. The zero-order valence-corrected chi connectivity index (χ0v) is 15.3. The molecule has 1 amide bonds. The van der Waals surface area contributed by atoms with Gasteiger partial charge in [0.25, 0.3) is 5.91 Å². The van der Waals surface area contributed by atoms with Gasteiger partial charge in [-0.15, -0.1) is 0 Å². The van der Waals surface area contributed by atoms with E-state index < -0.39 is 0 Å². The number of halogens is 1. The number of nitrogens with zero attached hydrogens (tertiary/aromatic N) is 3. The number of phenols is 2. The largest absolute Gasteiger partial charge is 0.507 e. The topological polar surface area (TPSA) is 111 Å². The van der Waals surface area contributed by atoms with Crippen LogP contribution in [-0.4, -0.2) is 32.7 Å². The highest BCUT2D eigenvalue weighted by atomic mass is 35.5. The normalized spacial score (nSPS) is 13.1. The molecule has 2 N–H and O–H groups in total. The first-order chi connectivity index (χ1) is 13.5. The number of aromatic hydroxyl groups is 2. The van der Waals surface area contributed by atoms with E-state index in [-0.39, 0.29) is 29.0 Å². The lowest BCUT2D eigenvalue weighted by Crippen LogP contribution is -2.35. The molecule has 1 aromatic heterocycles. The van der Waals surface area contributed by atoms with Gasteiger partial charge in [0.2, 0.25) is 0 Å². The maximum absolute atomic E-state index is 12.8. The second-order valence-electron chi connectivity index (χ2n) is 6.42. The molecule has 28 heavy (non-hydrogen) atoms. The number of fused-ring (bicyclic) bond motifs is 1. The molecule has 140 valence electrons. The van der Waals surface area contributed by atoms with Gasteiger partial charge < -0.3 is 19.6 Å². The van der Waals surface area contributed by atoms with Gasteiger partial charge >= 0.3 is 0 Å². The summed E-state index contributed by atoms with van der Waals surface area (Å²) in [6, 6.07) is 11.0. The third-order valence-corrected chi connectivity index (χ3v) is 5.00. The van der Waals surface area contributed by atoms with E-state index in [9.17, 15) is 15.0 Å². The number of nitriles is 1. The summed E-state index contributed by atoms with van der Waals surface area (Å²) < 4.78 is 5.42. The highest BCUT2D eigenvalue weighted by Crippen LogP contribution is 2.40. The van der Waals surface area contributed by atoms with E-state index in [2.05, 4.69) is 5.16 Å². The van der Waals surface area contributed by atoms with Crippen LogP contribution in [0.1, 0.15) is 27.2 Å². The van der Waals surface area contributed by atoms with Gasteiger partial charge in [-0.25, -0.2) is 0 Å². The van der Waals surface area contributed by atoms with Gasteiger partial charge in [0.05, 0.1) is 34.5 Å². The Bertz CT molecular complexity index is 1120. The summed E-state index contributed by atoms with van der Waals surface area (Å²) in [6.07, 6.45) is 0.507. The van der Waals surface area contributed by atoms with Gasteiger partial charge in [0, 0.05) is 30.2 Å². The molecule has 1 aliphatic rings. The van der Waals surface area contributed by atoms with Crippen molar-refractivity contribution in [2.45, 2.75) is 13.0 Å². The molecule has 0 radical (unpaired) electrons. The second kappa shape index (κ2) is 6.91. The third kappa shape index (κ3) is 3.04. The lowest BCUT2D eigenvalue weighted by atomic mass is 10.00. The van der Waals surface area contributed by atoms with Crippen molar-refractivity contribution < 1.29 is 19.5 Å². The van der Waals surface area contributed by atoms with E-state index in [1.165, 1.54) is 6.07 Å². The summed E-state index contributed by atoms with van der Waals surface area (Å²) in [6.45, 7) is 0.727. The summed E-state index contributed by atoms with van der Waals surface area (Å²) in [4.78, 5) is 14.5. The molecule has 7 nitrogen and oxygen atoms in total. The fourth-order valence-electron chi connectivity index (χ4n) is 3.20. The number of amides is 1. The Labute approximate surface area is 165 Å². The number of hydrogen-bond donors (Lipinski definition) is 2. The molecule has 0 bridgehead atoms. The maximum atomic E-state index is 12.8. The molecular formula is C20H14ClN3O4. The van der Waals surface area contributed by atoms with Crippen LogP contribution in [-0.2, 0) is 13.0 Å². The van der Waals surface area contributed by atoms with Crippen molar-refractivity contribution in [1.82, 2.24) is 10.1 Å². The van der Waals surface area contributed by atoms with Crippen LogP contribution in [0.4, 0.5) is 0 Å². The van der Waals surface area contributed by atoms with Crippen molar-refractivity contribution in [1.29, 1.82) is 5.26 Å². The SMILES string of the molecule is N#Cc1ccc(C(=O)N2CCc3noc(-c4cc(Cl)c(O)cc4O)c3C2)cc1. The molecule has 2 heterocycles. The molecule has 2 aromatic carbocycles. The first-order valence-corrected chi connectivity index (χ1v) is 8.84. The minimum atomic E-state index is -0.242. The molecule has 0 unspecified atom stereocenters. The van der Waals surface area contributed by atoms with Crippen molar-refractivity contribution >= 4 is 17.5 Å². The fraction of sp³-hybridized carbons (Fsp3) is 0.150. The van der Waals surface area contributed by atoms with Gasteiger partial charge in [-0.1, -0.05) is 16.8 Å². The smallest absolute Gasteiger partial charge is 0.254 e. The van der Waals surface area contributed by atoms with Crippen LogP contribution in [0.5, 0.6) is 11.5 Å². The van der Waals surface area contributed by atoms with E-state index >= 15 is 0 Å². The summed E-state index contributed by atoms with van der Waals surface area (Å²) in [5.41, 5.74) is 2.66. The van der Waals surface area contributed by atoms with Gasteiger partial charge in [0.1, 0.15) is 11.5 Å². The van der Waals surface area contributed by atoms with Crippen LogP contribution < -0.4 is 0 Å². The average Bonchev–Trinajstić information content (AvgIpc) is 3.13. The Morgan fingerprint density at radius 1 is 1.21 bits per heavy atom. The van der Waals surface area contributed by atoms with Crippen LogP contribution in [0.25, 0.3) is 11.3 Å². The van der Waals surface area contributed by atoms with Crippen molar-refractivity contribution in [3.8, 4) is 28.9 Å². The van der Waals surface area contributed by atoms with Crippen LogP contribution in [0.2, 0.25) is 5.02 Å². The van der Waals surface area contributed by atoms with Gasteiger partial charge in [0.15, 0.2) is 5.76 Å². The summed E-state index contributed by atoms with van der Waals surface area (Å²) >= 11 is 5.96. The van der Waals surface area contributed by atoms with E-state index in [1.54, 1.807) is 29.2 Å². The molecule has 0 spiro atoms.